The average Bonchev–Trinajstić information content (AvgIpc) is 2.90. The van der Waals surface area contributed by atoms with Crippen LogP contribution in [0.5, 0.6) is 0 Å². The van der Waals surface area contributed by atoms with E-state index in [0.29, 0.717) is 12.1 Å². The van der Waals surface area contributed by atoms with E-state index in [-0.39, 0.29) is 18.3 Å². The summed E-state index contributed by atoms with van der Waals surface area (Å²) in [5.41, 5.74) is 2.61. The first kappa shape index (κ1) is 17.2. The van der Waals surface area contributed by atoms with E-state index in [9.17, 15) is 4.79 Å². The van der Waals surface area contributed by atoms with Gasteiger partial charge in [-0.25, -0.2) is 4.68 Å². The minimum Gasteiger partial charge on any atom is -0.340 e. The van der Waals surface area contributed by atoms with Gasteiger partial charge >= 0.3 is 0 Å². The van der Waals surface area contributed by atoms with Crippen LogP contribution in [-0.4, -0.2) is 47.8 Å². The van der Waals surface area contributed by atoms with E-state index in [2.05, 4.69) is 10.4 Å². The average molecular weight is 309 g/mol. The quantitative estimate of drug-likeness (QED) is 0.918. The largest absolute Gasteiger partial charge is 0.340 e. The molecule has 2 aromatic rings. The van der Waals surface area contributed by atoms with Crippen LogP contribution < -0.4 is 5.32 Å². The SMILES string of the molecule is CNCCN(C)C(=O)c1ccc(-n2ccc(C)n2)cc1.Cl. The summed E-state index contributed by atoms with van der Waals surface area (Å²) in [6.07, 6.45) is 1.91. The summed E-state index contributed by atoms with van der Waals surface area (Å²) in [6.45, 7) is 3.42. The molecule has 0 bridgehead atoms. The fourth-order valence-electron chi connectivity index (χ4n) is 1.92. The number of nitrogens with zero attached hydrogens (tertiary/aromatic N) is 3. The lowest BCUT2D eigenvalue weighted by Crippen LogP contribution is -2.32. The number of amides is 1. The van der Waals surface area contributed by atoms with E-state index in [1.165, 1.54) is 0 Å². The van der Waals surface area contributed by atoms with Crippen LogP contribution in [0.1, 0.15) is 16.1 Å². The number of benzene rings is 1. The maximum absolute atomic E-state index is 12.2. The summed E-state index contributed by atoms with van der Waals surface area (Å²) < 4.78 is 1.80. The Kier molecular flexibility index (Phi) is 6.39. The van der Waals surface area contributed by atoms with Crippen molar-refractivity contribution in [2.45, 2.75) is 6.92 Å². The lowest BCUT2D eigenvalue weighted by atomic mass is 10.2. The summed E-state index contributed by atoms with van der Waals surface area (Å²) >= 11 is 0. The zero-order valence-corrected chi connectivity index (χ0v) is 13.4. The van der Waals surface area contributed by atoms with Crippen LogP contribution in [0.3, 0.4) is 0 Å². The molecule has 0 spiro atoms. The molecule has 0 aliphatic heterocycles. The number of aromatic nitrogens is 2. The lowest BCUT2D eigenvalue weighted by Gasteiger charge is -2.17. The molecule has 1 aromatic carbocycles. The molecule has 5 nitrogen and oxygen atoms in total. The van der Waals surface area contributed by atoms with E-state index in [0.717, 1.165) is 17.9 Å². The van der Waals surface area contributed by atoms with Crippen molar-refractivity contribution in [2.75, 3.05) is 27.2 Å². The smallest absolute Gasteiger partial charge is 0.253 e. The van der Waals surface area contributed by atoms with Gasteiger partial charge < -0.3 is 10.2 Å². The number of halogens is 1. The molecule has 0 unspecified atom stereocenters. The fraction of sp³-hybridized carbons (Fsp3) is 0.333. The second-order valence-corrected chi connectivity index (χ2v) is 4.78. The lowest BCUT2D eigenvalue weighted by molar-refractivity contribution is 0.0797. The molecular weight excluding hydrogens is 288 g/mol. The molecule has 1 amide bonds. The van der Waals surface area contributed by atoms with Gasteiger partial charge in [0.15, 0.2) is 0 Å². The number of carbonyl (C=O) groups excluding carboxylic acids is 1. The van der Waals surface area contributed by atoms with Crippen molar-refractivity contribution in [3.8, 4) is 5.69 Å². The van der Waals surface area contributed by atoms with Gasteiger partial charge in [0.25, 0.3) is 5.91 Å². The minimum atomic E-state index is 0. The molecule has 1 aromatic heterocycles. The molecule has 0 aliphatic carbocycles. The van der Waals surface area contributed by atoms with E-state index in [4.69, 9.17) is 0 Å². The topological polar surface area (TPSA) is 50.2 Å². The summed E-state index contributed by atoms with van der Waals surface area (Å²) in [4.78, 5) is 13.9. The highest BCUT2D eigenvalue weighted by Gasteiger charge is 2.11. The molecule has 1 heterocycles. The van der Waals surface area contributed by atoms with Crippen molar-refractivity contribution in [2.24, 2.45) is 0 Å². The Balaban J connectivity index is 0.00000220. The Labute approximate surface area is 131 Å². The third kappa shape index (κ3) is 4.31. The standard InChI is InChI=1S/C15H20N4O.ClH/c1-12-8-10-19(17-12)14-6-4-13(5-7-14)15(20)18(3)11-9-16-2;/h4-8,10,16H,9,11H2,1-3H3;1H. The Morgan fingerprint density at radius 1 is 1.29 bits per heavy atom. The van der Waals surface area contributed by atoms with Gasteiger partial charge in [0.05, 0.1) is 11.4 Å². The third-order valence-electron chi connectivity index (χ3n) is 3.15. The molecule has 0 saturated carbocycles. The van der Waals surface area contributed by atoms with Gasteiger partial charge in [-0.05, 0) is 44.3 Å². The fourth-order valence-corrected chi connectivity index (χ4v) is 1.92. The van der Waals surface area contributed by atoms with E-state index in [1.807, 2.05) is 57.5 Å². The highest BCUT2D eigenvalue weighted by atomic mass is 35.5. The number of rotatable bonds is 5. The van der Waals surface area contributed by atoms with Gasteiger partial charge in [-0.2, -0.15) is 5.10 Å². The number of likely N-dealkylation sites (N-methyl/N-ethyl adjacent to an activating group) is 2. The Bertz CT molecular complexity index is 580. The summed E-state index contributed by atoms with van der Waals surface area (Å²) in [7, 11) is 3.68. The van der Waals surface area contributed by atoms with Gasteiger partial charge in [0, 0.05) is 31.9 Å². The first-order valence-corrected chi connectivity index (χ1v) is 6.64. The number of aryl methyl sites for hydroxylation is 1. The zero-order valence-electron chi connectivity index (χ0n) is 12.5. The maximum atomic E-state index is 12.2. The molecule has 1 N–H and O–H groups in total. The van der Waals surface area contributed by atoms with Crippen LogP contribution in [0, 0.1) is 6.92 Å². The van der Waals surface area contributed by atoms with Crippen molar-refractivity contribution >= 4 is 18.3 Å². The third-order valence-corrected chi connectivity index (χ3v) is 3.15. The van der Waals surface area contributed by atoms with Gasteiger partial charge in [-0.15, -0.1) is 12.4 Å². The number of carbonyl (C=O) groups is 1. The van der Waals surface area contributed by atoms with Crippen LogP contribution in [0.2, 0.25) is 0 Å². The van der Waals surface area contributed by atoms with Gasteiger partial charge in [0.1, 0.15) is 0 Å². The van der Waals surface area contributed by atoms with Gasteiger partial charge in [-0.1, -0.05) is 0 Å². The molecule has 21 heavy (non-hydrogen) atoms. The summed E-state index contributed by atoms with van der Waals surface area (Å²) in [6, 6.07) is 9.44. The number of hydrogen-bond acceptors (Lipinski definition) is 3. The van der Waals surface area contributed by atoms with Crippen LogP contribution >= 0.6 is 12.4 Å². The van der Waals surface area contributed by atoms with Crippen LogP contribution in [0.4, 0.5) is 0 Å². The van der Waals surface area contributed by atoms with Crippen molar-refractivity contribution in [3.63, 3.8) is 0 Å². The highest BCUT2D eigenvalue weighted by Crippen LogP contribution is 2.11. The number of nitrogens with one attached hydrogen (secondary N) is 1. The molecule has 6 heteroatoms. The molecule has 0 fully saturated rings. The molecule has 114 valence electrons. The second-order valence-electron chi connectivity index (χ2n) is 4.78. The van der Waals surface area contributed by atoms with Crippen molar-refractivity contribution in [3.05, 3.63) is 47.8 Å². The molecule has 0 atom stereocenters. The van der Waals surface area contributed by atoms with Crippen molar-refractivity contribution in [1.29, 1.82) is 0 Å². The zero-order chi connectivity index (χ0) is 14.5. The highest BCUT2D eigenvalue weighted by molar-refractivity contribution is 5.94. The maximum Gasteiger partial charge on any atom is 0.253 e. The Hall–Kier alpha value is -1.85. The predicted molar refractivity (Wildman–Crippen MR) is 86.4 cm³/mol. The van der Waals surface area contributed by atoms with Crippen LogP contribution in [0.15, 0.2) is 36.5 Å². The molecule has 0 saturated heterocycles. The number of hydrogen-bond donors (Lipinski definition) is 1. The summed E-state index contributed by atoms with van der Waals surface area (Å²) in [5.74, 6) is 0.0310. The Morgan fingerprint density at radius 3 is 2.48 bits per heavy atom. The second kappa shape index (κ2) is 7.81. The molecule has 0 aliphatic rings. The van der Waals surface area contributed by atoms with Gasteiger partial charge in [0.2, 0.25) is 0 Å². The molecule has 2 rings (SSSR count). The first-order chi connectivity index (χ1) is 9.61. The van der Waals surface area contributed by atoms with E-state index in [1.54, 1.807) is 9.58 Å². The first-order valence-electron chi connectivity index (χ1n) is 6.64. The van der Waals surface area contributed by atoms with Gasteiger partial charge in [-0.3, -0.25) is 4.79 Å². The van der Waals surface area contributed by atoms with Crippen molar-refractivity contribution < 1.29 is 4.79 Å². The van der Waals surface area contributed by atoms with E-state index < -0.39 is 0 Å². The van der Waals surface area contributed by atoms with E-state index >= 15 is 0 Å². The predicted octanol–water partition coefficient (Wildman–Crippen LogP) is 1.89. The molecular formula is C15H21ClN4O. The van der Waals surface area contributed by atoms with Crippen LogP contribution in [-0.2, 0) is 0 Å². The Morgan fingerprint density at radius 2 is 1.95 bits per heavy atom. The van der Waals surface area contributed by atoms with Crippen molar-refractivity contribution in [1.82, 2.24) is 20.0 Å². The monoisotopic (exact) mass is 308 g/mol. The molecule has 0 radical (unpaired) electrons. The minimum absolute atomic E-state index is 0. The summed E-state index contributed by atoms with van der Waals surface area (Å²) in [5, 5.41) is 7.38. The normalized spacial score (nSPS) is 10.0. The van der Waals surface area contributed by atoms with Crippen LogP contribution in [0.25, 0.3) is 5.69 Å².